The summed E-state index contributed by atoms with van der Waals surface area (Å²) in [6, 6.07) is 16.1. The average molecular weight is 431 g/mol. The van der Waals surface area contributed by atoms with E-state index in [1.165, 1.54) is 5.56 Å². The van der Waals surface area contributed by atoms with E-state index in [0.29, 0.717) is 0 Å². The summed E-state index contributed by atoms with van der Waals surface area (Å²) >= 11 is 3.47. The fourth-order valence-electron chi connectivity index (χ4n) is 3.36. The number of likely N-dealkylation sites (tertiary alicyclic amines) is 1. The van der Waals surface area contributed by atoms with Crippen molar-refractivity contribution in [1.29, 1.82) is 0 Å². The highest BCUT2D eigenvalue weighted by atomic mass is 79.9. The molecule has 2 aromatic carbocycles. The fraction of sp³-hybridized carbons (Fsp3) is 0.409. The summed E-state index contributed by atoms with van der Waals surface area (Å²) in [5.74, 6) is 0.966. The van der Waals surface area contributed by atoms with Gasteiger partial charge >= 0.3 is 0 Å². The number of nitrogens with zero attached hydrogens (tertiary/aromatic N) is 1. The van der Waals surface area contributed by atoms with Crippen LogP contribution in [0, 0.1) is 5.92 Å². The monoisotopic (exact) mass is 430 g/mol. The van der Waals surface area contributed by atoms with Crippen LogP contribution in [0.15, 0.2) is 53.0 Å². The summed E-state index contributed by atoms with van der Waals surface area (Å²) in [4.78, 5) is 15.0. The first-order valence-electron chi connectivity index (χ1n) is 9.54. The molecule has 1 aliphatic rings. The summed E-state index contributed by atoms with van der Waals surface area (Å²) in [5.41, 5.74) is 2.11. The van der Waals surface area contributed by atoms with Crippen molar-refractivity contribution in [3.05, 3.63) is 58.6 Å². The van der Waals surface area contributed by atoms with E-state index in [1.54, 1.807) is 0 Å². The topological polar surface area (TPSA) is 41.6 Å². The first-order valence-corrected chi connectivity index (χ1v) is 10.3. The lowest BCUT2D eigenvalue weighted by Crippen LogP contribution is -2.37. The van der Waals surface area contributed by atoms with E-state index in [2.05, 4.69) is 50.4 Å². The second-order valence-electron chi connectivity index (χ2n) is 7.36. The molecule has 0 spiro atoms. The van der Waals surface area contributed by atoms with Gasteiger partial charge in [-0.3, -0.25) is 9.69 Å². The van der Waals surface area contributed by atoms with Gasteiger partial charge in [0.25, 0.3) is 0 Å². The Morgan fingerprint density at radius 3 is 2.56 bits per heavy atom. The molecule has 1 saturated heterocycles. The van der Waals surface area contributed by atoms with Crippen molar-refractivity contribution in [3.8, 4) is 5.75 Å². The van der Waals surface area contributed by atoms with E-state index in [1.807, 2.05) is 38.1 Å². The molecule has 0 unspecified atom stereocenters. The smallest absolute Gasteiger partial charge is 0.227 e. The Morgan fingerprint density at radius 1 is 1.19 bits per heavy atom. The number of rotatable bonds is 6. The van der Waals surface area contributed by atoms with E-state index >= 15 is 0 Å². The van der Waals surface area contributed by atoms with Gasteiger partial charge in [-0.1, -0.05) is 34.1 Å². The maximum absolute atomic E-state index is 12.6. The second kappa shape index (κ2) is 9.38. The molecule has 1 heterocycles. The Labute approximate surface area is 170 Å². The zero-order valence-electron chi connectivity index (χ0n) is 16.0. The van der Waals surface area contributed by atoms with Gasteiger partial charge in [0.1, 0.15) is 5.75 Å². The summed E-state index contributed by atoms with van der Waals surface area (Å²) < 4.78 is 6.80. The van der Waals surface area contributed by atoms with Crippen LogP contribution in [-0.4, -0.2) is 30.0 Å². The summed E-state index contributed by atoms with van der Waals surface area (Å²) in [7, 11) is 0. The standard InChI is InChI=1S/C22H27BrN2O2/c1-16(2)27-21-5-3-4-20(14-21)24-22(26)18-10-12-25(13-11-18)15-17-6-8-19(23)9-7-17/h3-9,14,16,18H,10-13,15H2,1-2H3,(H,24,26). The maximum Gasteiger partial charge on any atom is 0.227 e. The van der Waals surface area contributed by atoms with Crippen LogP contribution < -0.4 is 10.1 Å². The summed E-state index contributed by atoms with van der Waals surface area (Å²) in [6.07, 6.45) is 1.90. The summed E-state index contributed by atoms with van der Waals surface area (Å²) in [5, 5.41) is 3.05. The molecule has 27 heavy (non-hydrogen) atoms. The van der Waals surface area contributed by atoms with Crippen LogP contribution >= 0.6 is 15.9 Å². The van der Waals surface area contributed by atoms with E-state index in [4.69, 9.17) is 4.74 Å². The molecule has 0 radical (unpaired) electrons. The van der Waals surface area contributed by atoms with Gasteiger partial charge in [0.15, 0.2) is 0 Å². The Bertz CT molecular complexity index is 753. The number of benzene rings is 2. The van der Waals surface area contributed by atoms with Crippen LogP contribution in [0.1, 0.15) is 32.3 Å². The molecule has 1 fully saturated rings. The van der Waals surface area contributed by atoms with Gasteiger partial charge in [-0.05, 0) is 69.6 Å². The number of carbonyl (C=O) groups is 1. The van der Waals surface area contributed by atoms with E-state index in [9.17, 15) is 4.79 Å². The number of piperidine rings is 1. The molecule has 0 atom stereocenters. The van der Waals surface area contributed by atoms with Gasteiger partial charge in [0, 0.05) is 28.7 Å². The Hall–Kier alpha value is -1.85. The maximum atomic E-state index is 12.6. The fourth-order valence-corrected chi connectivity index (χ4v) is 3.63. The van der Waals surface area contributed by atoms with Crippen LogP contribution in [0.5, 0.6) is 5.75 Å². The first kappa shape index (κ1) is 19.9. The van der Waals surface area contributed by atoms with Crippen molar-refractivity contribution in [1.82, 2.24) is 4.90 Å². The minimum absolute atomic E-state index is 0.0702. The van der Waals surface area contributed by atoms with Crippen LogP contribution in [-0.2, 0) is 11.3 Å². The molecule has 0 aromatic heterocycles. The Morgan fingerprint density at radius 2 is 1.89 bits per heavy atom. The van der Waals surface area contributed by atoms with Gasteiger partial charge in [-0.25, -0.2) is 0 Å². The highest BCUT2D eigenvalue weighted by Crippen LogP contribution is 2.23. The lowest BCUT2D eigenvalue weighted by Gasteiger charge is -2.31. The zero-order valence-corrected chi connectivity index (χ0v) is 17.5. The van der Waals surface area contributed by atoms with Gasteiger partial charge in [0.2, 0.25) is 5.91 Å². The first-order chi connectivity index (χ1) is 13.0. The molecule has 2 aromatic rings. The number of hydrogen-bond acceptors (Lipinski definition) is 3. The zero-order chi connectivity index (χ0) is 19.2. The third-order valence-electron chi connectivity index (χ3n) is 4.75. The number of ether oxygens (including phenoxy) is 1. The van der Waals surface area contributed by atoms with Crippen molar-refractivity contribution in [2.24, 2.45) is 5.92 Å². The van der Waals surface area contributed by atoms with Crippen LogP contribution in [0.3, 0.4) is 0 Å². The van der Waals surface area contributed by atoms with Crippen molar-refractivity contribution in [2.45, 2.75) is 39.3 Å². The molecule has 0 aliphatic carbocycles. The van der Waals surface area contributed by atoms with Gasteiger partial charge < -0.3 is 10.1 Å². The molecule has 1 amide bonds. The quantitative estimate of drug-likeness (QED) is 0.693. The SMILES string of the molecule is CC(C)Oc1cccc(NC(=O)C2CCN(Cc3ccc(Br)cc3)CC2)c1. The number of hydrogen-bond donors (Lipinski definition) is 1. The van der Waals surface area contributed by atoms with Crippen molar-refractivity contribution >= 4 is 27.5 Å². The number of halogens is 1. The number of nitrogens with one attached hydrogen (secondary N) is 1. The largest absolute Gasteiger partial charge is 0.491 e. The van der Waals surface area contributed by atoms with E-state index in [-0.39, 0.29) is 17.9 Å². The van der Waals surface area contributed by atoms with E-state index in [0.717, 1.165) is 48.4 Å². The molecular formula is C22H27BrN2O2. The average Bonchev–Trinajstić information content (AvgIpc) is 2.64. The predicted molar refractivity (Wildman–Crippen MR) is 113 cm³/mol. The van der Waals surface area contributed by atoms with E-state index < -0.39 is 0 Å². The molecule has 0 saturated carbocycles. The van der Waals surface area contributed by atoms with Gasteiger partial charge in [-0.15, -0.1) is 0 Å². The third-order valence-corrected chi connectivity index (χ3v) is 5.28. The Balaban J connectivity index is 1.49. The number of amides is 1. The molecular weight excluding hydrogens is 404 g/mol. The minimum Gasteiger partial charge on any atom is -0.491 e. The highest BCUT2D eigenvalue weighted by Gasteiger charge is 2.25. The van der Waals surface area contributed by atoms with Crippen LogP contribution in [0.4, 0.5) is 5.69 Å². The van der Waals surface area contributed by atoms with Gasteiger partial charge in [0.05, 0.1) is 6.10 Å². The highest BCUT2D eigenvalue weighted by molar-refractivity contribution is 9.10. The lowest BCUT2D eigenvalue weighted by atomic mass is 9.95. The molecule has 3 rings (SSSR count). The van der Waals surface area contributed by atoms with Crippen LogP contribution in [0.2, 0.25) is 0 Å². The Kier molecular flexibility index (Phi) is 6.91. The number of anilines is 1. The van der Waals surface area contributed by atoms with Crippen molar-refractivity contribution in [2.75, 3.05) is 18.4 Å². The van der Waals surface area contributed by atoms with Gasteiger partial charge in [-0.2, -0.15) is 0 Å². The molecule has 4 nitrogen and oxygen atoms in total. The lowest BCUT2D eigenvalue weighted by molar-refractivity contribution is -0.121. The van der Waals surface area contributed by atoms with Crippen molar-refractivity contribution in [3.63, 3.8) is 0 Å². The predicted octanol–water partition coefficient (Wildman–Crippen LogP) is 5.09. The molecule has 5 heteroatoms. The second-order valence-corrected chi connectivity index (χ2v) is 8.28. The van der Waals surface area contributed by atoms with Crippen molar-refractivity contribution < 1.29 is 9.53 Å². The number of carbonyl (C=O) groups excluding carboxylic acids is 1. The normalized spacial score (nSPS) is 15.7. The molecule has 1 N–H and O–H groups in total. The summed E-state index contributed by atoms with van der Waals surface area (Å²) in [6.45, 7) is 6.83. The molecule has 1 aliphatic heterocycles. The third kappa shape index (κ3) is 6.08. The van der Waals surface area contributed by atoms with Crippen LogP contribution in [0.25, 0.3) is 0 Å². The molecule has 144 valence electrons. The molecule has 0 bridgehead atoms. The minimum atomic E-state index is 0.0702.